The number of aromatic hydroxyl groups is 1. The maximum Gasteiger partial charge on any atom is 0.262 e. The summed E-state index contributed by atoms with van der Waals surface area (Å²) < 4.78 is 13.7. The van der Waals surface area contributed by atoms with Gasteiger partial charge < -0.3 is 10.4 Å². The van der Waals surface area contributed by atoms with Gasteiger partial charge in [-0.15, -0.1) is 0 Å². The molecule has 24 heavy (non-hydrogen) atoms. The maximum absolute atomic E-state index is 13.7. The fourth-order valence-corrected chi connectivity index (χ4v) is 2.83. The Kier molecular flexibility index (Phi) is 4.40. The second kappa shape index (κ2) is 6.49. The number of benzene rings is 2. The number of nitrogens with one attached hydrogen (secondary N) is 2. The van der Waals surface area contributed by atoms with Crippen molar-refractivity contribution >= 4 is 23.5 Å². The van der Waals surface area contributed by atoms with Gasteiger partial charge in [0.15, 0.2) is 5.96 Å². The van der Waals surface area contributed by atoms with Crippen LogP contribution in [-0.4, -0.2) is 30.1 Å². The molecule has 3 N–H and O–H groups in total. The summed E-state index contributed by atoms with van der Waals surface area (Å²) in [5.41, 5.74) is 1.44. The standard InChI is InChI=1S/C17H15ClFN3O2/c1-9-2-3-10(19)8-11(9)14-12(18)4-5-13(23)15(14)16(24)22-17-20-6-7-21-17/h2-5,8,23H,6-7H2,1H3,(H2,20,21,22,24). The van der Waals surface area contributed by atoms with Crippen LogP contribution in [0.1, 0.15) is 15.9 Å². The molecule has 7 heteroatoms. The summed E-state index contributed by atoms with van der Waals surface area (Å²) in [4.78, 5) is 16.7. The highest BCUT2D eigenvalue weighted by molar-refractivity contribution is 6.34. The summed E-state index contributed by atoms with van der Waals surface area (Å²) in [5.74, 6) is -0.930. The molecule has 0 fully saturated rings. The molecule has 0 bridgehead atoms. The minimum absolute atomic E-state index is 0.0207. The van der Waals surface area contributed by atoms with Gasteiger partial charge in [0, 0.05) is 17.1 Å². The number of amides is 1. The summed E-state index contributed by atoms with van der Waals surface area (Å²) in [6.07, 6.45) is 0. The first-order valence-electron chi connectivity index (χ1n) is 7.35. The van der Waals surface area contributed by atoms with E-state index in [0.29, 0.717) is 24.6 Å². The Morgan fingerprint density at radius 1 is 1.38 bits per heavy atom. The number of nitrogens with zero attached hydrogens (tertiary/aromatic N) is 1. The fourth-order valence-electron chi connectivity index (χ4n) is 2.57. The van der Waals surface area contributed by atoms with E-state index in [1.807, 2.05) is 0 Å². The zero-order chi connectivity index (χ0) is 17.3. The lowest BCUT2D eigenvalue weighted by molar-refractivity contribution is 0.0974. The van der Waals surface area contributed by atoms with E-state index in [0.717, 1.165) is 5.56 Å². The molecule has 0 saturated carbocycles. The summed E-state index contributed by atoms with van der Waals surface area (Å²) >= 11 is 6.26. The van der Waals surface area contributed by atoms with Gasteiger partial charge in [-0.2, -0.15) is 0 Å². The zero-order valence-corrected chi connectivity index (χ0v) is 13.6. The van der Waals surface area contributed by atoms with Crippen LogP contribution in [-0.2, 0) is 0 Å². The number of halogens is 2. The van der Waals surface area contributed by atoms with Crippen molar-refractivity contribution in [2.45, 2.75) is 6.92 Å². The third-order valence-electron chi connectivity index (χ3n) is 3.73. The molecule has 1 amide bonds. The van der Waals surface area contributed by atoms with E-state index < -0.39 is 11.7 Å². The van der Waals surface area contributed by atoms with Crippen LogP contribution in [0.4, 0.5) is 4.39 Å². The minimum atomic E-state index is -0.568. The van der Waals surface area contributed by atoms with E-state index in [-0.39, 0.29) is 21.9 Å². The number of aryl methyl sites for hydroxylation is 1. The van der Waals surface area contributed by atoms with E-state index in [1.54, 1.807) is 13.0 Å². The van der Waals surface area contributed by atoms with Gasteiger partial charge in [0.1, 0.15) is 11.6 Å². The lowest BCUT2D eigenvalue weighted by atomic mass is 9.94. The summed E-state index contributed by atoms with van der Waals surface area (Å²) in [5, 5.41) is 16.0. The molecule has 2 aromatic carbocycles. The van der Waals surface area contributed by atoms with Gasteiger partial charge in [-0.1, -0.05) is 17.7 Å². The highest BCUT2D eigenvalue weighted by atomic mass is 35.5. The average Bonchev–Trinajstić information content (AvgIpc) is 3.04. The van der Waals surface area contributed by atoms with Crippen molar-refractivity contribution in [1.29, 1.82) is 0 Å². The molecule has 0 atom stereocenters. The van der Waals surface area contributed by atoms with Gasteiger partial charge in [-0.05, 0) is 42.3 Å². The summed E-state index contributed by atoms with van der Waals surface area (Å²) in [6, 6.07) is 7.01. The van der Waals surface area contributed by atoms with Gasteiger partial charge in [-0.3, -0.25) is 15.1 Å². The Hall–Kier alpha value is -2.60. The number of carbonyl (C=O) groups is 1. The molecule has 0 aliphatic carbocycles. The van der Waals surface area contributed by atoms with E-state index in [2.05, 4.69) is 15.6 Å². The smallest absolute Gasteiger partial charge is 0.262 e. The molecular weight excluding hydrogens is 333 g/mol. The summed E-state index contributed by atoms with van der Waals surface area (Å²) in [6.45, 7) is 2.97. The van der Waals surface area contributed by atoms with Crippen LogP contribution in [0, 0.1) is 12.7 Å². The minimum Gasteiger partial charge on any atom is -0.507 e. The highest BCUT2D eigenvalue weighted by Crippen LogP contribution is 2.38. The van der Waals surface area contributed by atoms with E-state index in [9.17, 15) is 14.3 Å². The lowest BCUT2D eigenvalue weighted by Gasteiger charge is -2.15. The molecule has 0 unspecified atom stereocenters. The fraction of sp³-hybridized carbons (Fsp3) is 0.176. The van der Waals surface area contributed by atoms with Crippen molar-refractivity contribution in [2.24, 2.45) is 4.99 Å². The molecule has 0 radical (unpaired) electrons. The molecule has 0 saturated heterocycles. The molecule has 1 heterocycles. The predicted molar refractivity (Wildman–Crippen MR) is 91.0 cm³/mol. The van der Waals surface area contributed by atoms with Crippen molar-refractivity contribution < 1.29 is 14.3 Å². The third kappa shape index (κ3) is 3.05. The Bertz CT molecular complexity index is 852. The van der Waals surface area contributed by atoms with E-state index >= 15 is 0 Å². The highest BCUT2D eigenvalue weighted by Gasteiger charge is 2.23. The van der Waals surface area contributed by atoms with Gasteiger partial charge >= 0.3 is 0 Å². The zero-order valence-electron chi connectivity index (χ0n) is 12.9. The van der Waals surface area contributed by atoms with Gasteiger partial charge in [0.05, 0.1) is 12.1 Å². The quantitative estimate of drug-likeness (QED) is 0.782. The van der Waals surface area contributed by atoms with Crippen molar-refractivity contribution in [3.8, 4) is 16.9 Å². The van der Waals surface area contributed by atoms with Gasteiger partial charge in [0.25, 0.3) is 5.91 Å². The molecule has 2 aromatic rings. The number of carbonyl (C=O) groups excluding carboxylic acids is 1. The molecule has 3 rings (SSSR count). The first-order chi connectivity index (χ1) is 11.5. The second-order valence-corrected chi connectivity index (χ2v) is 5.79. The Morgan fingerprint density at radius 3 is 2.88 bits per heavy atom. The lowest BCUT2D eigenvalue weighted by Crippen LogP contribution is -2.38. The van der Waals surface area contributed by atoms with Crippen molar-refractivity contribution in [3.05, 3.63) is 52.3 Å². The van der Waals surface area contributed by atoms with Gasteiger partial charge in [0.2, 0.25) is 0 Å². The van der Waals surface area contributed by atoms with Gasteiger partial charge in [-0.25, -0.2) is 4.39 Å². The van der Waals surface area contributed by atoms with Crippen LogP contribution in [0.3, 0.4) is 0 Å². The third-order valence-corrected chi connectivity index (χ3v) is 4.05. The number of guanidine groups is 1. The van der Waals surface area contributed by atoms with Crippen LogP contribution < -0.4 is 10.6 Å². The van der Waals surface area contributed by atoms with Crippen LogP contribution in [0.5, 0.6) is 5.75 Å². The summed E-state index contributed by atoms with van der Waals surface area (Å²) in [7, 11) is 0. The van der Waals surface area contributed by atoms with Crippen molar-refractivity contribution in [3.63, 3.8) is 0 Å². The number of hydrogen-bond donors (Lipinski definition) is 3. The number of hydrogen-bond acceptors (Lipinski definition) is 4. The molecule has 1 aliphatic rings. The number of phenols is 1. The van der Waals surface area contributed by atoms with Crippen molar-refractivity contribution in [1.82, 2.24) is 10.6 Å². The molecular formula is C17H15ClFN3O2. The molecule has 1 aliphatic heterocycles. The maximum atomic E-state index is 13.7. The first kappa shape index (κ1) is 16.3. The van der Waals surface area contributed by atoms with Crippen LogP contribution >= 0.6 is 11.6 Å². The SMILES string of the molecule is Cc1ccc(F)cc1-c1c(Cl)ccc(O)c1C(=O)NC1=NCCN1. The first-order valence-corrected chi connectivity index (χ1v) is 7.73. The second-order valence-electron chi connectivity index (χ2n) is 5.39. The molecule has 5 nitrogen and oxygen atoms in total. The van der Waals surface area contributed by atoms with Crippen LogP contribution in [0.25, 0.3) is 11.1 Å². The molecule has 0 spiro atoms. The van der Waals surface area contributed by atoms with Crippen LogP contribution in [0.2, 0.25) is 5.02 Å². The molecule has 124 valence electrons. The number of phenolic OH excluding ortho intramolecular Hbond substituents is 1. The van der Waals surface area contributed by atoms with Crippen molar-refractivity contribution in [2.75, 3.05) is 13.1 Å². The predicted octanol–water partition coefficient (Wildman–Crippen LogP) is 2.85. The number of rotatable bonds is 2. The largest absolute Gasteiger partial charge is 0.507 e. The monoisotopic (exact) mass is 347 g/mol. The van der Waals surface area contributed by atoms with E-state index in [1.165, 1.54) is 24.3 Å². The van der Waals surface area contributed by atoms with Crippen LogP contribution in [0.15, 0.2) is 35.3 Å². The Labute approximate surface area is 143 Å². The Morgan fingerprint density at radius 2 is 2.17 bits per heavy atom. The topological polar surface area (TPSA) is 73.7 Å². The Balaban J connectivity index is 2.13. The van der Waals surface area contributed by atoms with E-state index in [4.69, 9.17) is 11.6 Å². The number of aliphatic imine (C=N–C) groups is 1. The normalized spacial score (nSPS) is 13.4. The molecule has 0 aromatic heterocycles. The average molecular weight is 348 g/mol.